The molecule has 0 radical (unpaired) electrons. The van der Waals surface area contributed by atoms with Crippen LogP contribution in [0.5, 0.6) is 0 Å². The first-order chi connectivity index (χ1) is 19.5. The molecule has 0 unspecified atom stereocenters. The zero-order valence-corrected chi connectivity index (χ0v) is 24.4. The van der Waals surface area contributed by atoms with Crippen molar-refractivity contribution in [1.82, 2.24) is 29.0 Å². The molecule has 1 N–H and O–H groups in total. The average Bonchev–Trinajstić information content (AvgIpc) is 3.50. The van der Waals surface area contributed by atoms with E-state index in [9.17, 15) is 14.0 Å². The van der Waals surface area contributed by atoms with Crippen molar-refractivity contribution in [3.8, 4) is 0 Å². The highest BCUT2D eigenvalue weighted by Gasteiger charge is 2.31. The van der Waals surface area contributed by atoms with Gasteiger partial charge in [0.2, 0.25) is 0 Å². The standard InChI is InChI=1S/C29H37FN8O3/c1-7-38(28(40)41-29(3,4)5)20-10-12-36(13-11-20)23-9-8-21(25-22(23)16-35(6)34-25)27(39)33-24-17-37-15-19(14-30)31-18(2)26(37)32-24/h8-9,15-17,20H,7,10-14H2,1-6H3,(H,33,39). The van der Waals surface area contributed by atoms with Crippen molar-refractivity contribution in [2.45, 2.75) is 65.8 Å². The van der Waals surface area contributed by atoms with Gasteiger partial charge in [-0.1, -0.05) is 0 Å². The van der Waals surface area contributed by atoms with Crippen LogP contribution >= 0.6 is 0 Å². The molecule has 41 heavy (non-hydrogen) atoms. The first-order valence-electron chi connectivity index (χ1n) is 13.9. The Kier molecular flexibility index (Phi) is 7.58. The van der Waals surface area contributed by atoms with Crippen LogP contribution < -0.4 is 10.2 Å². The molecular weight excluding hydrogens is 527 g/mol. The summed E-state index contributed by atoms with van der Waals surface area (Å²) in [5.41, 5.74) is 2.91. The number of ether oxygens (including phenoxy) is 1. The van der Waals surface area contributed by atoms with Gasteiger partial charge in [-0.15, -0.1) is 0 Å². The number of nitrogens with zero attached hydrogens (tertiary/aromatic N) is 7. The summed E-state index contributed by atoms with van der Waals surface area (Å²) >= 11 is 0. The molecule has 218 valence electrons. The third-order valence-electron chi connectivity index (χ3n) is 7.26. The summed E-state index contributed by atoms with van der Waals surface area (Å²) in [6.07, 6.45) is 6.47. The van der Waals surface area contributed by atoms with E-state index < -0.39 is 12.3 Å². The predicted molar refractivity (Wildman–Crippen MR) is 155 cm³/mol. The highest BCUT2D eigenvalue weighted by atomic mass is 19.1. The minimum absolute atomic E-state index is 0.103. The molecule has 0 atom stereocenters. The van der Waals surface area contributed by atoms with Gasteiger partial charge in [-0.05, 0) is 59.6 Å². The molecule has 0 spiro atoms. The fraction of sp³-hybridized carbons (Fsp3) is 0.483. The maximum Gasteiger partial charge on any atom is 0.410 e. The number of carbonyl (C=O) groups is 2. The topological polar surface area (TPSA) is 110 Å². The summed E-state index contributed by atoms with van der Waals surface area (Å²) in [6, 6.07) is 3.84. The third kappa shape index (κ3) is 5.82. The summed E-state index contributed by atoms with van der Waals surface area (Å²) in [7, 11) is 1.83. The maximum absolute atomic E-state index is 13.4. The SMILES string of the molecule is CCN(C(=O)OC(C)(C)C)C1CCN(c2ccc(C(=O)Nc3cn4cc(CF)nc(C)c4n3)c3nn(C)cc23)CC1. The number of halogens is 1. The Labute approximate surface area is 238 Å². The van der Waals surface area contributed by atoms with Crippen molar-refractivity contribution in [2.24, 2.45) is 7.05 Å². The molecule has 0 bridgehead atoms. The van der Waals surface area contributed by atoms with Gasteiger partial charge in [-0.3, -0.25) is 9.48 Å². The Morgan fingerprint density at radius 3 is 2.54 bits per heavy atom. The van der Waals surface area contributed by atoms with Crippen LogP contribution in [0.4, 0.5) is 20.7 Å². The number of anilines is 2. The van der Waals surface area contributed by atoms with Crippen LogP contribution in [0.1, 0.15) is 62.3 Å². The molecule has 5 rings (SSSR count). The molecule has 2 amide bonds. The van der Waals surface area contributed by atoms with Gasteiger partial charge < -0.3 is 24.3 Å². The molecule has 11 nitrogen and oxygen atoms in total. The summed E-state index contributed by atoms with van der Waals surface area (Å²) < 4.78 is 22.1. The third-order valence-corrected chi connectivity index (χ3v) is 7.26. The lowest BCUT2D eigenvalue weighted by Crippen LogP contribution is -2.48. The average molecular weight is 565 g/mol. The Morgan fingerprint density at radius 1 is 1.15 bits per heavy atom. The van der Waals surface area contributed by atoms with Crippen molar-refractivity contribution in [3.63, 3.8) is 0 Å². The summed E-state index contributed by atoms with van der Waals surface area (Å²) in [5.74, 6) is 0.00578. The van der Waals surface area contributed by atoms with Gasteiger partial charge in [0.15, 0.2) is 11.5 Å². The van der Waals surface area contributed by atoms with E-state index in [0.29, 0.717) is 40.5 Å². The largest absolute Gasteiger partial charge is 0.444 e. The van der Waals surface area contributed by atoms with Crippen molar-refractivity contribution in [2.75, 3.05) is 29.9 Å². The Bertz CT molecular complexity index is 1600. The normalized spacial score (nSPS) is 14.6. The fourth-order valence-electron chi connectivity index (χ4n) is 5.46. The first kappa shape index (κ1) is 28.3. The zero-order chi connectivity index (χ0) is 29.5. The van der Waals surface area contributed by atoms with E-state index in [1.807, 2.05) is 51.9 Å². The van der Waals surface area contributed by atoms with Crippen LogP contribution in [0, 0.1) is 6.92 Å². The Balaban J connectivity index is 1.34. The summed E-state index contributed by atoms with van der Waals surface area (Å²) in [4.78, 5) is 38.9. The van der Waals surface area contributed by atoms with Crippen molar-refractivity contribution < 1.29 is 18.7 Å². The number of carbonyl (C=O) groups excluding carboxylic acids is 2. The van der Waals surface area contributed by atoms with Crippen LogP contribution in [0.3, 0.4) is 0 Å². The smallest absolute Gasteiger partial charge is 0.410 e. The molecule has 1 aliphatic rings. The number of hydrogen-bond donors (Lipinski definition) is 1. The molecule has 1 fully saturated rings. The lowest BCUT2D eigenvalue weighted by molar-refractivity contribution is 0.0149. The predicted octanol–water partition coefficient (Wildman–Crippen LogP) is 4.87. The number of aryl methyl sites for hydroxylation is 2. The fourth-order valence-corrected chi connectivity index (χ4v) is 5.46. The number of aromatic nitrogens is 5. The number of imidazole rings is 1. The highest BCUT2D eigenvalue weighted by molar-refractivity contribution is 6.13. The Morgan fingerprint density at radius 2 is 1.88 bits per heavy atom. The Hall–Kier alpha value is -4.22. The number of amides is 2. The van der Waals surface area contributed by atoms with E-state index in [1.165, 1.54) is 0 Å². The number of nitrogens with one attached hydrogen (secondary N) is 1. The monoisotopic (exact) mass is 564 g/mol. The zero-order valence-electron chi connectivity index (χ0n) is 24.4. The summed E-state index contributed by atoms with van der Waals surface area (Å²) in [5, 5.41) is 8.34. The van der Waals surface area contributed by atoms with E-state index in [1.54, 1.807) is 34.5 Å². The van der Waals surface area contributed by atoms with Gasteiger partial charge in [0.1, 0.15) is 17.8 Å². The molecule has 12 heteroatoms. The quantitative estimate of drug-likeness (QED) is 0.356. The number of rotatable bonds is 6. The molecule has 0 saturated carbocycles. The first-order valence-corrected chi connectivity index (χ1v) is 13.9. The molecule has 1 aromatic carbocycles. The summed E-state index contributed by atoms with van der Waals surface area (Å²) in [6.45, 7) is 10.8. The van der Waals surface area contributed by atoms with Crippen LogP contribution in [-0.2, 0) is 18.5 Å². The minimum atomic E-state index is -0.682. The van der Waals surface area contributed by atoms with E-state index in [4.69, 9.17) is 4.74 Å². The van der Waals surface area contributed by atoms with Gasteiger partial charge in [0.05, 0.1) is 23.1 Å². The van der Waals surface area contributed by atoms with Crippen LogP contribution in [0.2, 0.25) is 0 Å². The van der Waals surface area contributed by atoms with Gasteiger partial charge >= 0.3 is 6.09 Å². The second-order valence-electron chi connectivity index (χ2n) is 11.4. The molecule has 1 saturated heterocycles. The maximum atomic E-state index is 13.4. The lowest BCUT2D eigenvalue weighted by Gasteiger charge is -2.39. The number of piperidine rings is 1. The number of fused-ring (bicyclic) bond motifs is 2. The number of hydrogen-bond acceptors (Lipinski definition) is 7. The molecule has 4 aromatic rings. The van der Waals surface area contributed by atoms with Gasteiger partial charge in [-0.2, -0.15) is 5.10 Å². The molecule has 3 aromatic heterocycles. The van der Waals surface area contributed by atoms with Gasteiger partial charge in [0, 0.05) is 56.2 Å². The van der Waals surface area contributed by atoms with Crippen molar-refractivity contribution >= 4 is 40.1 Å². The lowest BCUT2D eigenvalue weighted by atomic mass is 10.0. The van der Waals surface area contributed by atoms with E-state index >= 15 is 0 Å². The molecular formula is C29H37FN8O3. The number of alkyl halides is 1. The van der Waals surface area contributed by atoms with Crippen LogP contribution in [0.25, 0.3) is 16.6 Å². The van der Waals surface area contributed by atoms with E-state index in [2.05, 4.69) is 25.3 Å². The molecule has 4 heterocycles. The number of benzene rings is 1. The van der Waals surface area contributed by atoms with E-state index in [-0.39, 0.29) is 18.0 Å². The second kappa shape index (κ2) is 11.0. The van der Waals surface area contributed by atoms with Gasteiger partial charge in [-0.25, -0.2) is 19.2 Å². The minimum Gasteiger partial charge on any atom is -0.444 e. The van der Waals surface area contributed by atoms with Crippen molar-refractivity contribution in [3.05, 3.63) is 47.7 Å². The highest BCUT2D eigenvalue weighted by Crippen LogP contribution is 2.32. The molecule has 1 aliphatic heterocycles. The molecule has 0 aliphatic carbocycles. The van der Waals surface area contributed by atoms with E-state index in [0.717, 1.165) is 37.0 Å². The van der Waals surface area contributed by atoms with Crippen LogP contribution in [-0.4, -0.2) is 72.3 Å². The van der Waals surface area contributed by atoms with Crippen molar-refractivity contribution in [1.29, 1.82) is 0 Å². The van der Waals surface area contributed by atoms with Crippen LogP contribution in [0.15, 0.2) is 30.7 Å². The van der Waals surface area contributed by atoms with Gasteiger partial charge in [0.25, 0.3) is 5.91 Å². The second-order valence-corrected chi connectivity index (χ2v) is 11.4.